The maximum atomic E-state index is 14.7. The number of benzene rings is 2. The van der Waals surface area contributed by atoms with E-state index in [4.69, 9.17) is 5.73 Å². The number of amides is 1. The first-order chi connectivity index (χ1) is 15.5. The molecule has 32 heavy (non-hydrogen) atoms. The SMILES string of the molecule is Nc1nc(-c2nn(Cc3ccccc3F)c3c(F)cccc23)ncc1C(=O)N1CCCC1. The first-order valence-corrected chi connectivity index (χ1v) is 10.3. The van der Waals surface area contributed by atoms with Crippen molar-refractivity contribution in [2.75, 3.05) is 18.8 Å². The van der Waals surface area contributed by atoms with E-state index in [1.54, 1.807) is 35.2 Å². The van der Waals surface area contributed by atoms with Crippen LogP contribution in [0.1, 0.15) is 28.8 Å². The van der Waals surface area contributed by atoms with E-state index in [9.17, 15) is 13.6 Å². The number of halogens is 2. The van der Waals surface area contributed by atoms with Crippen molar-refractivity contribution in [3.63, 3.8) is 0 Å². The summed E-state index contributed by atoms with van der Waals surface area (Å²) in [6.45, 7) is 1.40. The number of hydrogen-bond donors (Lipinski definition) is 1. The van der Waals surface area contributed by atoms with Crippen LogP contribution >= 0.6 is 0 Å². The molecule has 0 bridgehead atoms. The number of rotatable bonds is 4. The molecular formula is C23H20F2N6O. The van der Waals surface area contributed by atoms with Gasteiger partial charge in [-0.15, -0.1) is 0 Å². The minimum absolute atomic E-state index is 0.0329. The summed E-state index contributed by atoms with van der Waals surface area (Å²) in [5.74, 6) is -0.887. The van der Waals surface area contributed by atoms with Crippen molar-refractivity contribution in [1.82, 2.24) is 24.6 Å². The second-order valence-electron chi connectivity index (χ2n) is 7.73. The molecule has 0 radical (unpaired) electrons. The van der Waals surface area contributed by atoms with E-state index in [1.807, 2.05) is 0 Å². The van der Waals surface area contributed by atoms with Crippen LogP contribution in [0.3, 0.4) is 0 Å². The molecule has 162 valence electrons. The third-order valence-electron chi connectivity index (χ3n) is 5.65. The quantitative estimate of drug-likeness (QED) is 0.530. The number of nitrogen functional groups attached to an aromatic ring is 1. The Balaban J connectivity index is 1.57. The summed E-state index contributed by atoms with van der Waals surface area (Å²) in [5, 5.41) is 4.96. The highest BCUT2D eigenvalue weighted by atomic mass is 19.1. The largest absolute Gasteiger partial charge is 0.383 e. The van der Waals surface area contributed by atoms with Crippen molar-refractivity contribution in [1.29, 1.82) is 0 Å². The molecule has 1 aliphatic rings. The van der Waals surface area contributed by atoms with Gasteiger partial charge in [0, 0.05) is 30.2 Å². The summed E-state index contributed by atoms with van der Waals surface area (Å²) in [7, 11) is 0. The van der Waals surface area contributed by atoms with E-state index in [2.05, 4.69) is 15.1 Å². The summed E-state index contributed by atoms with van der Waals surface area (Å²) < 4.78 is 30.3. The lowest BCUT2D eigenvalue weighted by Gasteiger charge is -2.15. The van der Waals surface area contributed by atoms with Gasteiger partial charge in [0.05, 0.1) is 6.54 Å². The van der Waals surface area contributed by atoms with Crippen LogP contribution in [-0.4, -0.2) is 43.6 Å². The lowest BCUT2D eigenvalue weighted by atomic mass is 10.1. The Kier molecular flexibility index (Phi) is 5.01. The van der Waals surface area contributed by atoms with Gasteiger partial charge >= 0.3 is 0 Å². The molecule has 7 nitrogen and oxygen atoms in total. The maximum Gasteiger partial charge on any atom is 0.259 e. The summed E-state index contributed by atoms with van der Waals surface area (Å²) in [4.78, 5) is 23.0. The number of hydrogen-bond acceptors (Lipinski definition) is 5. The normalized spacial score (nSPS) is 13.8. The fraction of sp³-hybridized carbons (Fsp3) is 0.217. The first-order valence-electron chi connectivity index (χ1n) is 10.3. The topological polar surface area (TPSA) is 89.9 Å². The Hall–Kier alpha value is -3.88. The van der Waals surface area contributed by atoms with Crippen LogP contribution in [0.5, 0.6) is 0 Å². The average molecular weight is 434 g/mol. The van der Waals surface area contributed by atoms with Gasteiger partial charge in [-0.1, -0.05) is 30.3 Å². The molecule has 2 N–H and O–H groups in total. The number of likely N-dealkylation sites (tertiary alicyclic amines) is 1. The van der Waals surface area contributed by atoms with Crippen molar-refractivity contribution in [2.45, 2.75) is 19.4 Å². The molecule has 1 saturated heterocycles. The molecule has 1 fully saturated rings. The van der Waals surface area contributed by atoms with Crippen molar-refractivity contribution in [3.8, 4) is 11.5 Å². The molecule has 4 aromatic rings. The van der Waals surface area contributed by atoms with Gasteiger partial charge in [0.2, 0.25) is 0 Å². The second-order valence-corrected chi connectivity index (χ2v) is 7.73. The number of aromatic nitrogens is 4. The Morgan fingerprint density at radius 2 is 1.78 bits per heavy atom. The molecule has 1 aliphatic heterocycles. The molecule has 2 aromatic heterocycles. The van der Waals surface area contributed by atoms with E-state index in [-0.39, 0.29) is 35.2 Å². The molecule has 5 rings (SSSR count). The standard InChI is InChI=1S/C23H20F2N6O/c24-17-8-2-1-6-14(17)13-31-20-15(7-5-9-18(20)25)19(29-31)22-27-12-16(21(26)28-22)23(32)30-10-3-4-11-30/h1-2,5-9,12H,3-4,10-11,13H2,(H2,26,27,28). The van der Waals surface area contributed by atoms with E-state index in [0.717, 1.165) is 12.8 Å². The molecule has 0 unspecified atom stereocenters. The van der Waals surface area contributed by atoms with E-state index in [1.165, 1.54) is 23.0 Å². The van der Waals surface area contributed by atoms with Gasteiger partial charge < -0.3 is 10.6 Å². The molecule has 0 saturated carbocycles. The average Bonchev–Trinajstić information content (AvgIpc) is 3.44. The van der Waals surface area contributed by atoms with Gasteiger partial charge in [-0.05, 0) is 25.0 Å². The van der Waals surface area contributed by atoms with Gasteiger partial charge in [-0.3, -0.25) is 9.48 Å². The van der Waals surface area contributed by atoms with E-state index < -0.39 is 11.6 Å². The predicted octanol–water partition coefficient (Wildman–Crippen LogP) is 3.64. The van der Waals surface area contributed by atoms with Crippen molar-refractivity contribution in [2.24, 2.45) is 0 Å². The lowest BCUT2D eigenvalue weighted by molar-refractivity contribution is 0.0793. The fourth-order valence-electron chi connectivity index (χ4n) is 4.03. The first kappa shape index (κ1) is 20.0. The van der Waals surface area contributed by atoms with E-state index >= 15 is 0 Å². The summed E-state index contributed by atoms with van der Waals surface area (Å²) in [6, 6.07) is 10.8. The van der Waals surface area contributed by atoms with E-state index in [0.29, 0.717) is 29.7 Å². The second kappa shape index (κ2) is 7.99. The minimum Gasteiger partial charge on any atom is -0.383 e. The maximum absolute atomic E-state index is 14.7. The van der Waals surface area contributed by atoms with Gasteiger partial charge in [-0.2, -0.15) is 5.10 Å². The third kappa shape index (κ3) is 3.45. The number of nitrogens with zero attached hydrogens (tertiary/aromatic N) is 5. The molecular weight excluding hydrogens is 414 g/mol. The zero-order valence-electron chi connectivity index (χ0n) is 17.1. The van der Waals surface area contributed by atoms with Gasteiger partial charge in [0.1, 0.15) is 34.2 Å². The molecule has 9 heteroatoms. The van der Waals surface area contributed by atoms with Crippen LogP contribution < -0.4 is 5.73 Å². The van der Waals surface area contributed by atoms with Gasteiger partial charge in [0.25, 0.3) is 5.91 Å². The van der Waals surface area contributed by atoms with Crippen LogP contribution in [0.4, 0.5) is 14.6 Å². The van der Waals surface area contributed by atoms with Crippen molar-refractivity contribution < 1.29 is 13.6 Å². The fourth-order valence-corrected chi connectivity index (χ4v) is 4.03. The van der Waals surface area contributed by atoms with Crippen LogP contribution in [0, 0.1) is 11.6 Å². The van der Waals surface area contributed by atoms with Crippen LogP contribution in [0.25, 0.3) is 22.4 Å². The third-order valence-corrected chi connectivity index (χ3v) is 5.65. The Bertz CT molecular complexity index is 1330. The summed E-state index contributed by atoms with van der Waals surface area (Å²) in [6.07, 6.45) is 3.31. The lowest BCUT2D eigenvalue weighted by Crippen LogP contribution is -2.28. The highest BCUT2D eigenvalue weighted by Gasteiger charge is 2.24. The van der Waals surface area contributed by atoms with Crippen LogP contribution in [0.2, 0.25) is 0 Å². The number of carbonyl (C=O) groups excluding carboxylic acids is 1. The number of nitrogens with two attached hydrogens (primary N) is 1. The van der Waals surface area contributed by atoms with Gasteiger partial charge in [0.15, 0.2) is 5.82 Å². The van der Waals surface area contributed by atoms with Crippen molar-refractivity contribution in [3.05, 3.63) is 71.4 Å². The summed E-state index contributed by atoms with van der Waals surface area (Å²) in [5.41, 5.74) is 7.22. The van der Waals surface area contributed by atoms with Crippen LogP contribution in [0.15, 0.2) is 48.7 Å². The minimum atomic E-state index is -0.494. The summed E-state index contributed by atoms with van der Waals surface area (Å²) >= 11 is 0. The Morgan fingerprint density at radius 1 is 1.03 bits per heavy atom. The Labute approximate surface area is 182 Å². The molecule has 1 amide bonds. The highest BCUT2D eigenvalue weighted by Crippen LogP contribution is 2.29. The molecule has 3 heterocycles. The smallest absolute Gasteiger partial charge is 0.259 e. The predicted molar refractivity (Wildman–Crippen MR) is 116 cm³/mol. The van der Waals surface area contributed by atoms with Crippen LogP contribution in [-0.2, 0) is 6.54 Å². The highest BCUT2D eigenvalue weighted by molar-refractivity contribution is 5.99. The molecule has 2 aromatic carbocycles. The molecule has 0 atom stereocenters. The molecule has 0 spiro atoms. The van der Waals surface area contributed by atoms with Gasteiger partial charge in [-0.25, -0.2) is 18.7 Å². The Morgan fingerprint density at radius 3 is 2.53 bits per heavy atom. The number of fused-ring (bicyclic) bond motifs is 1. The van der Waals surface area contributed by atoms with Crippen molar-refractivity contribution >= 4 is 22.6 Å². The number of anilines is 1. The monoisotopic (exact) mass is 434 g/mol. The zero-order valence-corrected chi connectivity index (χ0v) is 17.1. The number of carbonyl (C=O) groups is 1. The molecule has 0 aliphatic carbocycles. The number of para-hydroxylation sites is 1. The zero-order chi connectivity index (χ0) is 22.2.